The van der Waals surface area contributed by atoms with Gasteiger partial charge in [-0.25, -0.2) is 0 Å². The maximum atomic E-state index is 12.3. The molecule has 124 valence electrons. The van der Waals surface area contributed by atoms with Crippen molar-refractivity contribution in [2.45, 2.75) is 0 Å². The lowest BCUT2D eigenvalue weighted by Crippen LogP contribution is -2.29. The van der Waals surface area contributed by atoms with Crippen molar-refractivity contribution in [3.05, 3.63) is 84.4 Å². The van der Waals surface area contributed by atoms with Gasteiger partial charge in [-0.15, -0.1) is 0 Å². The molecule has 0 atom stereocenters. The summed E-state index contributed by atoms with van der Waals surface area (Å²) >= 11 is 0. The molecule has 2 N–H and O–H groups in total. The van der Waals surface area contributed by atoms with E-state index in [2.05, 4.69) is 5.32 Å². The molecule has 25 heavy (non-hydrogen) atoms. The number of carbonyl (C=O) groups excluding carboxylic acids is 1. The molecule has 0 saturated heterocycles. The van der Waals surface area contributed by atoms with Crippen LogP contribution in [0.2, 0.25) is 0 Å². The van der Waals surface area contributed by atoms with Crippen molar-refractivity contribution < 1.29 is 14.7 Å². The second-order valence-corrected chi connectivity index (χ2v) is 5.57. The van der Waals surface area contributed by atoms with Crippen LogP contribution in [-0.4, -0.2) is 23.5 Å². The first kappa shape index (κ1) is 16.5. The first-order chi connectivity index (χ1) is 12.1. The molecule has 0 heterocycles. The highest BCUT2D eigenvalue weighted by Crippen LogP contribution is 2.27. The van der Waals surface area contributed by atoms with Crippen LogP contribution >= 0.6 is 0 Å². The van der Waals surface area contributed by atoms with Gasteiger partial charge in [-0.1, -0.05) is 72.8 Å². The maximum absolute atomic E-state index is 12.3. The molecule has 0 radical (unpaired) electrons. The molecule has 1 amide bonds. The van der Waals surface area contributed by atoms with Crippen LogP contribution in [-0.2, 0) is 4.79 Å². The van der Waals surface area contributed by atoms with Crippen molar-refractivity contribution >= 4 is 11.9 Å². The van der Waals surface area contributed by atoms with Gasteiger partial charge in [0.25, 0.3) is 5.91 Å². The second-order valence-electron chi connectivity index (χ2n) is 5.57. The molecule has 0 unspecified atom stereocenters. The van der Waals surface area contributed by atoms with E-state index in [9.17, 15) is 9.59 Å². The highest BCUT2D eigenvalue weighted by molar-refractivity contribution is 6.01. The Kier molecular flexibility index (Phi) is 4.90. The molecule has 4 nitrogen and oxygen atoms in total. The van der Waals surface area contributed by atoms with E-state index < -0.39 is 18.4 Å². The van der Waals surface area contributed by atoms with Crippen LogP contribution in [0.25, 0.3) is 22.3 Å². The molecule has 0 aliphatic rings. The van der Waals surface area contributed by atoms with Gasteiger partial charge in [0.15, 0.2) is 0 Å². The molecule has 0 aromatic heterocycles. The van der Waals surface area contributed by atoms with Crippen LogP contribution in [0.4, 0.5) is 0 Å². The molecular weight excluding hydrogens is 314 g/mol. The Morgan fingerprint density at radius 3 is 1.96 bits per heavy atom. The summed E-state index contributed by atoms with van der Waals surface area (Å²) in [6, 6.07) is 25.2. The number of amides is 1. The van der Waals surface area contributed by atoms with Gasteiger partial charge < -0.3 is 10.4 Å². The molecule has 0 aliphatic heterocycles. The van der Waals surface area contributed by atoms with Crippen molar-refractivity contribution in [2.75, 3.05) is 6.54 Å². The van der Waals surface area contributed by atoms with E-state index in [0.717, 1.165) is 22.3 Å². The Morgan fingerprint density at radius 2 is 1.28 bits per heavy atom. The van der Waals surface area contributed by atoms with Crippen molar-refractivity contribution in [1.82, 2.24) is 5.32 Å². The highest BCUT2D eigenvalue weighted by Gasteiger charge is 2.13. The van der Waals surface area contributed by atoms with Gasteiger partial charge in [-0.2, -0.15) is 0 Å². The molecule has 4 heteroatoms. The summed E-state index contributed by atoms with van der Waals surface area (Å²) in [5.41, 5.74) is 4.35. The number of benzene rings is 3. The molecule has 3 aromatic rings. The summed E-state index contributed by atoms with van der Waals surface area (Å²) in [6.07, 6.45) is 0. The van der Waals surface area contributed by atoms with Gasteiger partial charge in [0.05, 0.1) is 0 Å². The zero-order valence-corrected chi connectivity index (χ0v) is 13.5. The van der Waals surface area contributed by atoms with E-state index in [1.165, 1.54) is 0 Å². The van der Waals surface area contributed by atoms with Crippen molar-refractivity contribution in [3.8, 4) is 22.3 Å². The van der Waals surface area contributed by atoms with Gasteiger partial charge in [-0.05, 0) is 28.3 Å². The minimum Gasteiger partial charge on any atom is -0.480 e. The zero-order chi connectivity index (χ0) is 17.6. The second kappa shape index (κ2) is 7.45. The topological polar surface area (TPSA) is 66.4 Å². The van der Waals surface area contributed by atoms with Crippen LogP contribution in [0.15, 0.2) is 78.9 Å². The Bertz CT molecular complexity index is 887. The normalized spacial score (nSPS) is 10.2. The van der Waals surface area contributed by atoms with Gasteiger partial charge in [0, 0.05) is 5.56 Å². The number of hydrogen-bond acceptors (Lipinski definition) is 2. The number of carboxylic acid groups (broad SMARTS) is 1. The first-order valence-electron chi connectivity index (χ1n) is 7.90. The fourth-order valence-corrected chi connectivity index (χ4v) is 2.66. The van der Waals surface area contributed by atoms with E-state index in [-0.39, 0.29) is 0 Å². The number of nitrogens with one attached hydrogen (secondary N) is 1. The number of carboxylic acids is 1. The van der Waals surface area contributed by atoms with E-state index in [0.29, 0.717) is 5.56 Å². The summed E-state index contributed by atoms with van der Waals surface area (Å²) in [7, 11) is 0. The van der Waals surface area contributed by atoms with E-state index in [4.69, 9.17) is 5.11 Å². The van der Waals surface area contributed by atoms with Crippen LogP contribution in [0.1, 0.15) is 10.4 Å². The maximum Gasteiger partial charge on any atom is 0.322 e. The fourth-order valence-electron chi connectivity index (χ4n) is 2.66. The Labute approximate surface area is 145 Å². The summed E-state index contributed by atoms with van der Waals surface area (Å²) in [4.78, 5) is 22.9. The van der Waals surface area contributed by atoms with E-state index in [1.807, 2.05) is 66.7 Å². The lowest BCUT2D eigenvalue weighted by atomic mass is 9.96. The molecule has 0 spiro atoms. The monoisotopic (exact) mass is 331 g/mol. The van der Waals surface area contributed by atoms with Crippen molar-refractivity contribution in [1.29, 1.82) is 0 Å². The Morgan fingerprint density at radius 1 is 0.720 bits per heavy atom. The van der Waals surface area contributed by atoms with Crippen LogP contribution in [0, 0.1) is 0 Å². The summed E-state index contributed by atoms with van der Waals surface area (Å²) in [5, 5.41) is 11.1. The predicted octanol–water partition coefficient (Wildman–Crippen LogP) is 3.84. The smallest absolute Gasteiger partial charge is 0.322 e. The lowest BCUT2D eigenvalue weighted by Gasteiger charge is -2.10. The molecular formula is C21H17NO3. The molecule has 0 aliphatic carbocycles. The molecule has 0 saturated carbocycles. The summed E-state index contributed by atoms with van der Waals surface area (Å²) in [5.74, 6) is -1.47. The zero-order valence-electron chi connectivity index (χ0n) is 13.5. The highest BCUT2D eigenvalue weighted by atomic mass is 16.4. The SMILES string of the molecule is O=C(O)CNC(=O)c1ccccc1-c1ccc(-c2ccccc2)cc1. The number of aliphatic carboxylic acids is 1. The van der Waals surface area contributed by atoms with Crippen molar-refractivity contribution in [2.24, 2.45) is 0 Å². The summed E-state index contributed by atoms with van der Waals surface area (Å²) < 4.78 is 0. The van der Waals surface area contributed by atoms with Gasteiger partial charge >= 0.3 is 5.97 Å². The third kappa shape index (κ3) is 3.93. The van der Waals surface area contributed by atoms with Gasteiger partial charge in [-0.3, -0.25) is 9.59 Å². The fraction of sp³-hybridized carbons (Fsp3) is 0.0476. The third-order valence-electron chi connectivity index (χ3n) is 3.87. The largest absolute Gasteiger partial charge is 0.480 e. The third-order valence-corrected chi connectivity index (χ3v) is 3.87. The lowest BCUT2D eigenvalue weighted by molar-refractivity contribution is -0.135. The van der Waals surface area contributed by atoms with Crippen LogP contribution < -0.4 is 5.32 Å². The van der Waals surface area contributed by atoms with E-state index in [1.54, 1.807) is 12.1 Å². The molecule has 0 bridgehead atoms. The average Bonchev–Trinajstić information content (AvgIpc) is 2.67. The minimum atomic E-state index is -1.07. The standard InChI is InChI=1S/C21H17NO3/c23-20(24)14-22-21(25)19-9-5-4-8-18(19)17-12-10-16(11-13-17)15-6-2-1-3-7-15/h1-13H,14H2,(H,22,25)(H,23,24). The van der Waals surface area contributed by atoms with Gasteiger partial charge in [0.1, 0.15) is 6.54 Å². The van der Waals surface area contributed by atoms with Crippen molar-refractivity contribution in [3.63, 3.8) is 0 Å². The van der Waals surface area contributed by atoms with Crippen LogP contribution in [0.5, 0.6) is 0 Å². The van der Waals surface area contributed by atoms with E-state index >= 15 is 0 Å². The predicted molar refractivity (Wildman–Crippen MR) is 97.3 cm³/mol. The minimum absolute atomic E-state index is 0.398. The van der Waals surface area contributed by atoms with Crippen LogP contribution in [0.3, 0.4) is 0 Å². The molecule has 3 rings (SSSR count). The first-order valence-corrected chi connectivity index (χ1v) is 7.90. The van der Waals surface area contributed by atoms with Gasteiger partial charge in [0.2, 0.25) is 0 Å². The number of rotatable bonds is 5. The Balaban J connectivity index is 1.89. The number of carbonyl (C=O) groups is 2. The summed E-state index contributed by atoms with van der Waals surface area (Å²) in [6.45, 7) is -0.403. The molecule has 0 fully saturated rings. The molecule has 3 aromatic carbocycles. The number of hydrogen-bond donors (Lipinski definition) is 2. The Hall–Kier alpha value is -3.40. The quantitative estimate of drug-likeness (QED) is 0.746. The average molecular weight is 331 g/mol.